The van der Waals surface area contributed by atoms with Crippen molar-refractivity contribution >= 4 is 24.7 Å². The van der Waals surface area contributed by atoms with Crippen LogP contribution in [0.2, 0.25) is 0 Å². The van der Waals surface area contributed by atoms with Gasteiger partial charge in [-0.25, -0.2) is 4.98 Å². The van der Waals surface area contributed by atoms with Crippen molar-refractivity contribution in [2.45, 2.75) is 39.0 Å². The van der Waals surface area contributed by atoms with E-state index in [-0.39, 0.29) is 36.8 Å². The molecule has 3 N–H and O–H groups in total. The van der Waals surface area contributed by atoms with Crippen LogP contribution in [-0.4, -0.2) is 79.5 Å². The van der Waals surface area contributed by atoms with Crippen molar-refractivity contribution in [3.05, 3.63) is 36.5 Å². The lowest BCUT2D eigenvalue weighted by atomic mass is 9.79. The van der Waals surface area contributed by atoms with Crippen LogP contribution >= 0.6 is 0 Å². The Morgan fingerprint density at radius 3 is 2.64 bits per heavy atom. The first-order valence-electron chi connectivity index (χ1n) is 10.6. The second-order valence-electron chi connectivity index (χ2n) is 7.49. The molecule has 3 atom stereocenters. The molecule has 2 saturated heterocycles. The third-order valence-corrected chi connectivity index (χ3v) is 5.52. The molecule has 2 aliphatic rings. The highest BCUT2D eigenvalue weighted by Crippen LogP contribution is 2.34. The van der Waals surface area contributed by atoms with E-state index in [9.17, 15) is 4.79 Å². The highest BCUT2D eigenvalue weighted by Gasteiger charge is 2.41. The van der Waals surface area contributed by atoms with Crippen LogP contribution in [0.15, 0.2) is 31.0 Å². The Labute approximate surface area is 191 Å². The number of nitrogens with one attached hydrogen (secondary N) is 1. The third kappa shape index (κ3) is 7.91. The highest BCUT2D eigenvalue weighted by molar-refractivity contribution is 5.91. The topological polar surface area (TPSA) is 160 Å². The fraction of sp³-hybridized carbons (Fsp3) is 0.524. The number of carbonyl (C=O) groups is 3. The maximum atomic E-state index is 12.9. The minimum absolute atomic E-state index is 0.0226. The molecular weight excluding hydrogens is 432 g/mol. The molecule has 180 valence electrons. The molecule has 2 aromatic heterocycles. The molecule has 0 radical (unpaired) electrons. The summed E-state index contributed by atoms with van der Waals surface area (Å²) in [5, 5.41) is 21.1. The van der Waals surface area contributed by atoms with E-state index in [2.05, 4.69) is 38.4 Å². The second-order valence-corrected chi connectivity index (χ2v) is 7.49. The number of ether oxygens (including phenoxy) is 1. The quantitative estimate of drug-likeness (QED) is 0.546. The first-order valence-corrected chi connectivity index (χ1v) is 10.6. The van der Waals surface area contributed by atoms with Crippen LogP contribution in [-0.2, 0) is 32.2 Å². The zero-order chi connectivity index (χ0) is 24.1. The van der Waals surface area contributed by atoms with E-state index in [1.165, 1.54) is 5.56 Å². The number of likely N-dealkylation sites (tertiary alicyclic amines) is 1. The molecule has 0 bridgehead atoms. The van der Waals surface area contributed by atoms with Gasteiger partial charge in [0, 0.05) is 68.8 Å². The summed E-state index contributed by atoms with van der Waals surface area (Å²) in [5.74, 6) is 0.664. The largest absolute Gasteiger partial charge is 0.483 e. The fourth-order valence-corrected chi connectivity index (χ4v) is 4.16. The van der Waals surface area contributed by atoms with Gasteiger partial charge in [0.1, 0.15) is 0 Å². The molecule has 0 spiro atoms. The molecule has 4 heterocycles. The Bertz CT molecular complexity index is 858. The Hall–Kier alpha value is -3.38. The van der Waals surface area contributed by atoms with Gasteiger partial charge in [-0.1, -0.05) is 0 Å². The van der Waals surface area contributed by atoms with Crippen molar-refractivity contribution in [1.29, 1.82) is 0 Å². The lowest BCUT2D eigenvalue weighted by molar-refractivity contribution is -0.137. The smallest absolute Gasteiger partial charge is 0.290 e. The van der Waals surface area contributed by atoms with Crippen molar-refractivity contribution in [2.24, 2.45) is 11.8 Å². The number of anilines is 1. The normalized spacial score (nSPS) is 21.8. The van der Waals surface area contributed by atoms with E-state index in [1.807, 2.05) is 10.9 Å². The predicted molar refractivity (Wildman–Crippen MR) is 117 cm³/mol. The van der Waals surface area contributed by atoms with Crippen molar-refractivity contribution in [3.63, 3.8) is 0 Å². The molecule has 33 heavy (non-hydrogen) atoms. The molecule has 0 unspecified atom stereocenters. The summed E-state index contributed by atoms with van der Waals surface area (Å²) in [7, 11) is 0. The summed E-state index contributed by atoms with van der Waals surface area (Å²) in [6.45, 7) is 5.81. The molecule has 2 fully saturated rings. The number of aromatic nitrogens is 4. The van der Waals surface area contributed by atoms with E-state index < -0.39 is 0 Å². The van der Waals surface area contributed by atoms with E-state index in [0.717, 1.165) is 39.0 Å². The van der Waals surface area contributed by atoms with E-state index >= 15 is 0 Å². The summed E-state index contributed by atoms with van der Waals surface area (Å²) in [5.41, 5.74) is 1.22. The van der Waals surface area contributed by atoms with Crippen molar-refractivity contribution in [3.8, 4) is 0 Å². The highest BCUT2D eigenvalue weighted by atomic mass is 16.5. The number of piperidine rings is 1. The van der Waals surface area contributed by atoms with Crippen molar-refractivity contribution in [1.82, 2.24) is 24.6 Å². The number of fused-ring (bicyclic) bond motifs is 1. The fourth-order valence-electron chi connectivity index (χ4n) is 4.16. The predicted octanol–water partition coefficient (Wildman–Crippen LogP) is 0.960. The van der Waals surface area contributed by atoms with Crippen LogP contribution < -0.4 is 5.32 Å². The first-order chi connectivity index (χ1) is 16.1. The number of hydrogen-bond acceptors (Lipinski definition) is 8. The Morgan fingerprint density at radius 2 is 2.00 bits per heavy atom. The van der Waals surface area contributed by atoms with Crippen LogP contribution in [0, 0.1) is 11.8 Å². The number of amides is 1. The Kier molecular flexibility index (Phi) is 10.9. The van der Waals surface area contributed by atoms with E-state index in [1.54, 1.807) is 18.6 Å². The van der Waals surface area contributed by atoms with Gasteiger partial charge in [0.2, 0.25) is 5.91 Å². The van der Waals surface area contributed by atoms with Gasteiger partial charge < -0.3 is 20.3 Å². The van der Waals surface area contributed by atoms with E-state index in [4.69, 9.17) is 24.5 Å². The summed E-state index contributed by atoms with van der Waals surface area (Å²) in [4.78, 5) is 40.2. The van der Waals surface area contributed by atoms with Crippen LogP contribution in [0.4, 0.5) is 5.82 Å². The molecule has 0 saturated carbocycles. The van der Waals surface area contributed by atoms with Gasteiger partial charge in [-0.05, 0) is 19.8 Å². The zero-order valence-electron chi connectivity index (χ0n) is 18.5. The molecule has 2 aromatic rings. The Balaban J connectivity index is 0.000000582. The summed E-state index contributed by atoms with van der Waals surface area (Å²) < 4.78 is 7.93. The third-order valence-electron chi connectivity index (χ3n) is 5.52. The van der Waals surface area contributed by atoms with Crippen LogP contribution in [0.3, 0.4) is 0 Å². The van der Waals surface area contributed by atoms with E-state index in [0.29, 0.717) is 12.4 Å². The molecule has 1 amide bonds. The van der Waals surface area contributed by atoms with Gasteiger partial charge in [0.25, 0.3) is 12.9 Å². The Morgan fingerprint density at radius 1 is 1.24 bits per heavy atom. The molecule has 12 heteroatoms. The number of nitrogens with zero attached hydrogens (tertiary/aromatic N) is 5. The SMILES string of the molecule is CCn1cc(CN2CC[C@H]3OCC[C@@H](C(=O)Nc4cnccn4)[C@H]3C2)cn1.O=CO.O=CO. The van der Waals surface area contributed by atoms with Crippen molar-refractivity contribution < 1.29 is 29.3 Å². The van der Waals surface area contributed by atoms with Gasteiger partial charge in [0.05, 0.1) is 18.5 Å². The van der Waals surface area contributed by atoms with Crippen molar-refractivity contribution in [2.75, 3.05) is 25.0 Å². The first kappa shape index (κ1) is 25.9. The molecule has 0 aromatic carbocycles. The summed E-state index contributed by atoms with van der Waals surface area (Å²) in [6, 6.07) is 0. The van der Waals surface area contributed by atoms with Crippen LogP contribution in [0.5, 0.6) is 0 Å². The molecule has 4 rings (SSSR count). The number of carbonyl (C=O) groups excluding carboxylic acids is 1. The van der Waals surface area contributed by atoms with Crippen LogP contribution in [0.1, 0.15) is 25.3 Å². The minimum atomic E-state index is -0.250. The summed E-state index contributed by atoms with van der Waals surface area (Å²) >= 11 is 0. The van der Waals surface area contributed by atoms with Crippen LogP contribution in [0.25, 0.3) is 0 Å². The maximum absolute atomic E-state index is 12.9. The molecule has 0 aliphatic carbocycles. The lowest BCUT2D eigenvalue weighted by Crippen LogP contribution is -2.52. The molecule has 2 aliphatic heterocycles. The average Bonchev–Trinajstić information content (AvgIpc) is 3.28. The zero-order valence-corrected chi connectivity index (χ0v) is 18.5. The van der Waals surface area contributed by atoms with Gasteiger partial charge in [-0.15, -0.1) is 0 Å². The molecule has 12 nitrogen and oxygen atoms in total. The maximum Gasteiger partial charge on any atom is 0.290 e. The standard InChI is InChI=1S/C19H26N6O2.2CH2O2/c1-2-25-12-14(9-22-25)11-24-7-3-17-16(13-24)15(4-8-27-17)19(26)23-18-10-20-5-6-21-18;2*2-1-3/h5-6,9-10,12,15-17H,2-4,7-8,11,13H2,1H3,(H,21,23,26);2*1H,(H,2,3)/t15-,16-,17-;;/m1../s1. The number of rotatable bonds is 5. The minimum Gasteiger partial charge on any atom is -0.483 e. The van der Waals surface area contributed by atoms with Gasteiger partial charge in [0.15, 0.2) is 5.82 Å². The van der Waals surface area contributed by atoms with Gasteiger partial charge in [-0.2, -0.15) is 5.10 Å². The second kappa shape index (κ2) is 13.9. The number of hydrogen-bond donors (Lipinski definition) is 3. The number of aryl methyl sites for hydroxylation is 1. The summed E-state index contributed by atoms with van der Waals surface area (Å²) in [6.07, 6.45) is 10.7. The monoisotopic (exact) mass is 462 g/mol. The lowest BCUT2D eigenvalue weighted by Gasteiger charge is -2.44. The van der Waals surface area contributed by atoms with Gasteiger partial charge in [-0.3, -0.25) is 28.9 Å². The number of carboxylic acid groups (broad SMARTS) is 2. The molecular formula is C21H30N6O6. The average molecular weight is 463 g/mol. The van der Waals surface area contributed by atoms with Gasteiger partial charge >= 0.3 is 0 Å².